The van der Waals surface area contributed by atoms with Gasteiger partial charge in [0.1, 0.15) is 5.82 Å². The fraction of sp³-hybridized carbons (Fsp3) is 0.211. The largest absolute Gasteiger partial charge is 0.318 e. The Hall–Kier alpha value is -2.93. The number of carbonyl (C=O) groups is 3. The van der Waals surface area contributed by atoms with E-state index >= 15 is 0 Å². The summed E-state index contributed by atoms with van der Waals surface area (Å²) >= 11 is 5.66. The van der Waals surface area contributed by atoms with E-state index in [1.807, 2.05) is 0 Å². The van der Waals surface area contributed by atoms with E-state index in [2.05, 4.69) is 10.6 Å². The molecule has 0 saturated carbocycles. The van der Waals surface area contributed by atoms with Crippen LogP contribution in [0.4, 0.5) is 21.5 Å². The van der Waals surface area contributed by atoms with Crippen molar-refractivity contribution >= 4 is 46.4 Å². The molecule has 8 heteroatoms. The quantitative estimate of drug-likeness (QED) is 0.778. The van der Waals surface area contributed by atoms with Crippen molar-refractivity contribution in [3.8, 4) is 0 Å². The van der Waals surface area contributed by atoms with Crippen LogP contribution in [0.3, 0.4) is 0 Å². The molecule has 2 aromatic rings. The van der Waals surface area contributed by atoms with E-state index in [0.717, 1.165) is 35.7 Å². The number of amides is 3. The minimum absolute atomic E-state index is 0.0559. The Labute approximate surface area is 159 Å². The molecule has 2 aliphatic rings. The van der Waals surface area contributed by atoms with Crippen molar-refractivity contribution in [2.45, 2.75) is 19.3 Å². The molecule has 0 saturated heterocycles. The first-order valence-electron chi connectivity index (χ1n) is 8.46. The molecule has 3 amide bonds. The van der Waals surface area contributed by atoms with Gasteiger partial charge >= 0.3 is 11.8 Å². The molecule has 138 valence electrons. The van der Waals surface area contributed by atoms with E-state index < -0.39 is 17.6 Å². The van der Waals surface area contributed by atoms with Crippen molar-refractivity contribution in [2.75, 3.05) is 22.1 Å². The highest BCUT2D eigenvalue weighted by Gasteiger charge is 2.32. The first kappa shape index (κ1) is 17.5. The fourth-order valence-corrected chi connectivity index (χ4v) is 3.68. The highest BCUT2D eigenvalue weighted by Crippen LogP contribution is 2.38. The van der Waals surface area contributed by atoms with Crippen LogP contribution in [0.1, 0.15) is 17.5 Å². The molecule has 2 heterocycles. The summed E-state index contributed by atoms with van der Waals surface area (Å²) in [5.41, 5.74) is 3.47. The molecule has 0 radical (unpaired) electrons. The highest BCUT2D eigenvalue weighted by atomic mass is 35.5. The molecular formula is C19H15ClFN3O3. The third-order valence-corrected chi connectivity index (χ3v) is 4.94. The first-order chi connectivity index (χ1) is 12.9. The molecule has 0 unspecified atom stereocenters. The van der Waals surface area contributed by atoms with Gasteiger partial charge in [0, 0.05) is 17.9 Å². The summed E-state index contributed by atoms with van der Waals surface area (Å²) in [6, 6.07) is 7.16. The van der Waals surface area contributed by atoms with Gasteiger partial charge in [-0.15, -0.1) is 0 Å². The number of anilines is 3. The predicted molar refractivity (Wildman–Crippen MR) is 99.5 cm³/mol. The summed E-state index contributed by atoms with van der Waals surface area (Å²) in [4.78, 5) is 38.2. The van der Waals surface area contributed by atoms with E-state index in [1.165, 1.54) is 12.1 Å². The van der Waals surface area contributed by atoms with Crippen LogP contribution in [0.15, 0.2) is 30.3 Å². The van der Waals surface area contributed by atoms with Gasteiger partial charge in [0.15, 0.2) is 0 Å². The van der Waals surface area contributed by atoms with Gasteiger partial charge in [-0.1, -0.05) is 11.6 Å². The number of halogens is 2. The molecular weight excluding hydrogens is 373 g/mol. The molecule has 0 spiro atoms. The fourth-order valence-electron chi connectivity index (χ4n) is 3.50. The van der Waals surface area contributed by atoms with Gasteiger partial charge in [-0.05, 0) is 54.3 Å². The Kier molecular flexibility index (Phi) is 4.31. The third-order valence-electron chi connectivity index (χ3n) is 4.65. The highest BCUT2D eigenvalue weighted by molar-refractivity contribution is 6.43. The number of hydrogen-bond acceptors (Lipinski definition) is 3. The second-order valence-electron chi connectivity index (χ2n) is 6.51. The number of rotatable bonds is 2. The number of nitrogens with one attached hydrogen (secondary N) is 2. The summed E-state index contributed by atoms with van der Waals surface area (Å²) in [5.74, 6) is -2.32. The Bertz CT molecular complexity index is 992. The summed E-state index contributed by atoms with van der Waals surface area (Å²) in [7, 11) is 0. The topological polar surface area (TPSA) is 78.5 Å². The molecule has 0 atom stereocenters. The van der Waals surface area contributed by atoms with Gasteiger partial charge in [0.2, 0.25) is 5.91 Å². The maximum atomic E-state index is 13.2. The Morgan fingerprint density at radius 3 is 2.48 bits per heavy atom. The minimum Gasteiger partial charge on any atom is -0.318 e. The van der Waals surface area contributed by atoms with E-state index in [9.17, 15) is 18.8 Å². The maximum absolute atomic E-state index is 13.2. The molecule has 0 fully saturated rings. The zero-order valence-corrected chi connectivity index (χ0v) is 14.9. The molecule has 4 rings (SSSR count). The minimum atomic E-state index is -0.899. The molecule has 27 heavy (non-hydrogen) atoms. The van der Waals surface area contributed by atoms with Crippen LogP contribution in [-0.4, -0.2) is 24.3 Å². The lowest BCUT2D eigenvalue weighted by atomic mass is 9.99. The second kappa shape index (κ2) is 6.66. The number of hydrogen-bond donors (Lipinski definition) is 2. The third kappa shape index (κ3) is 3.26. The van der Waals surface area contributed by atoms with E-state index in [0.29, 0.717) is 18.7 Å². The zero-order chi connectivity index (χ0) is 19.1. The number of benzene rings is 2. The van der Waals surface area contributed by atoms with Gasteiger partial charge in [-0.2, -0.15) is 0 Å². The lowest BCUT2D eigenvalue weighted by Gasteiger charge is -2.26. The summed E-state index contributed by atoms with van der Waals surface area (Å²) in [6.45, 7) is 0.715. The lowest BCUT2D eigenvalue weighted by Crippen LogP contribution is -2.31. The summed E-state index contributed by atoms with van der Waals surface area (Å²) in [6.07, 6.45) is 1.98. The second-order valence-corrected chi connectivity index (χ2v) is 6.91. The number of aryl methyl sites for hydroxylation is 1. The number of nitrogens with zero attached hydrogens (tertiary/aromatic N) is 1. The van der Waals surface area contributed by atoms with Crippen molar-refractivity contribution in [3.63, 3.8) is 0 Å². The Morgan fingerprint density at radius 2 is 1.74 bits per heavy atom. The van der Waals surface area contributed by atoms with Crippen LogP contribution in [0.5, 0.6) is 0 Å². The van der Waals surface area contributed by atoms with E-state index in [4.69, 9.17) is 11.6 Å². The van der Waals surface area contributed by atoms with E-state index in [-0.39, 0.29) is 16.6 Å². The molecule has 0 bridgehead atoms. The van der Waals surface area contributed by atoms with Gasteiger partial charge in [0.05, 0.1) is 17.1 Å². The first-order valence-corrected chi connectivity index (χ1v) is 8.84. The molecule has 0 aromatic heterocycles. The average Bonchev–Trinajstić information content (AvgIpc) is 2.95. The maximum Gasteiger partial charge on any atom is 0.314 e. The van der Waals surface area contributed by atoms with Crippen LogP contribution in [-0.2, 0) is 27.2 Å². The molecule has 2 aromatic carbocycles. The van der Waals surface area contributed by atoms with Crippen molar-refractivity contribution in [1.29, 1.82) is 0 Å². The van der Waals surface area contributed by atoms with Crippen molar-refractivity contribution in [2.24, 2.45) is 0 Å². The molecule has 2 aliphatic heterocycles. The van der Waals surface area contributed by atoms with Crippen LogP contribution >= 0.6 is 11.6 Å². The van der Waals surface area contributed by atoms with Crippen molar-refractivity contribution in [1.82, 2.24) is 0 Å². The molecule has 6 nitrogen and oxygen atoms in total. The van der Waals surface area contributed by atoms with Crippen molar-refractivity contribution in [3.05, 3.63) is 52.3 Å². The predicted octanol–water partition coefficient (Wildman–Crippen LogP) is 2.89. The summed E-state index contributed by atoms with van der Waals surface area (Å²) in [5, 5.41) is 4.78. The number of carbonyl (C=O) groups excluding carboxylic acids is 3. The molecule has 2 N–H and O–H groups in total. The van der Waals surface area contributed by atoms with Crippen LogP contribution in [0, 0.1) is 5.82 Å². The Morgan fingerprint density at radius 1 is 1.04 bits per heavy atom. The van der Waals surface area contributed by atoms with Crippen LogP contribution < -0.4 is 15.5 Å². The van der Waals surface area contributed by atoms with Gasteiger partial charge in [-0.25, -0.2) is 4.39 Å². The van der Waals surface area contributed by atoms with Gasteiger partial charge in [0.25, 0.3) is 0 Å². The standard InChI is InChI=1S/C19H15ClFN3O3/c20-14-9-12(3-4-15(14)21)22-18(26)19(27)23-13-6-10-2-1-5-24-16(25)8-11(7-13)17(10)24/h3-4,6-7,9H,1-2,5,8H2,(H,22,26)(H,23,27). The average molecular weight is 388 g/mol. The Balaban J connectivity index is 1.50. The van der Waals surface area contributed by atoms with E-state index in [1.54, 1.807) is 17.0 Å². The zero-order valence-electron chi connectivity index (χ0n) is 14.1. The SMILES string of the molecule is O=C(Nc1ccc(F)c(Cl)c1)C(=O)Nc1cc2c3c(c1)CC(=O)N3CCC2. The lowest BCUT2D eigenvalue weighted by molar-refractivity contribution is -0.132. The molecule has 0 aliphatic carbocycles. The van der Waals surface area contributed by atoms with Crippen molar-refractivity contribution < 1.29 is 18.8 Å². The van der Waals surface area contributed by atoms with Gasteiger partial charge in [-0.3, -0.25) is 14.4 Å². The van der Waals surface area contributed by atoms with Crippen LogP contribution in [0.2, 0.25) is 5.02 Å². The normalized spacial score (nSPS) is 14.7. The summed E-state index contributed by atoms with van der Waals surface area (Å²) < 4.78 is 13.2. The van der Waals surface area contributed by atoms with Gasteiger partial charge < -0.3 is 15.5 Å². The smallest absolute Gasteiger partial charge is 0.314 e. The monoisotopic (exact) mass is 387 g/mol. The van der Waals surface area contributed by atoms with Crippen LogP contribution in [0.25, 0.3) is 0 Å².